The van der Waals surface area contributed by atoms with Gasteiger partial charge in [0.1, 0.15) is 10.6 Å². The molecule has 0 aromatic heterocycles. The van der Waals surface area contributed by atoms with Crippen molar-refractivity contribution in [2.45, 2.75) is 30.4 Å². The van der Waals surface area contributed by atoms with Gasteiger partial charge < -0.3 is 19.5 Å². The Morgan fingerprint density at radius 2 is 2.00 bits per heavy atom. The van der Waals surface area contributed by atoms with E-state index in [1.54, 1.807) is 0 Å². The molecular formula is C16H15F8N3O5S. The van der Waals surface area contributed by atoms with Crippen molar-refractivity contribution in [2.24, 2.45) is 5.28 Å². The molecular weight excluding hydrogens is 498 g/mol. The van der Waals surface area contributed by atoms with Gasteiger partial charge in [0.25, 0.3) is 6.79 Å². The molecule has 186 valence electrons. The van der Waals surface area contributed by atoms with Crippen molar-refractivity contribution in [3.05, 3.63) is 34.0 Å². The summed E-state index contributed by atoms with van der Waals surface area (Å²) in [4.78, 5) is 13.8. The van der Waals surface area contributed by atoms with Crippen LogP contribution in [0.5, 0.6) is 5.75 Å². The summed E-state index contributed by atoms with van der Waals surface area (Å²) < 4.78 is 138. The summed E-state index contributed by atoms with van der Waals surface area (Å²) in [6.45, 7) is -4.15. The van der Waals surface area contributed by atoms with Crippen LogP contribution < -0.4 is 4.74 Å². The number of benzene rings is 1. The van der Waals surface area contributed by atoms with Gasteiger partial charge in [-0.15, -0.1) is 5.01 Å². The van der Waals surface area contributed by atoms with Crippen molar-refractivity contribution in [3.63, 3.8) is 0 Å². The van der Waals surface area contributed by atoms with Crippen LogP contribution in [0.3, 0.4) is 0 Å². The number of esters is 1. The fourth-order valence-electron chi connectivity index (χ4n) is 2.68. The number of alkyl halides is 3. The largest absolute Gasteiger partial charge is 0.569 e. The molecule has 33 heavy (non-hydrogen) atoms. The molecule has 0 saturated carbocycles. The first-order valence-electron chi connectivity index (χ1n) is 10.2. The highest BCUT2D eigenvalue weighted by Crippen LogP contribution is 3.02. The summed E-state index contributed by atoms with van der Waals surface area (Å²) >= 11 is 0. The second-order valence-electron chi connectivity index (χ2n) is 6.82. The van der Waals surface area contributed by atoms with Gasteiger partial charge in [0, 0.05) is 9.68 Å². The van der Waals surface area contributed by atoms with Gasteiger partial charge in [0.05, 0.1) is 23.6 Å². The van der Waals surface area contributed by atoms with Crippen LogP contribution in [0, 0.1) is 12.1 Å². The second-order valence-corrected chi connectivity index (χ2v) is 9.23. The Morgan fingerprint density at radius 1 is 1.33 bits per heavy atom. The third-order valence-corrected chi connectivity index (χ3v) is 5.47. The summed E-state index contributed by atoms with van der Waals surface area (Å²) in [6, 6.07) is -0.847. The standard InChI is InChI=1S/C16H15F8N3O5S/c1-9-5-11(33(20,21,22,23)24)6-10-7-12(14(16(17,18)19)32-13(9)10)15(28)30-8-31-25-27(29)26-3-2-4-26/h5-7,14H,2-4,8H2,1H3/i1D3. The maximum absolute atomic E-state index is 13.6. The molecule has 2 heterocycles. The number of hydrogen-bond acceptors (Lipinski definition) is 6. The van der Waals surface area contributed by atoms with E-state index in [1.807, 2.05) is 0 Å². The number of ether oxygens (including phenoxy) is 2. The monoisotopic (exact) mass is 516 g/mol. The highest BCUT2D eigenvalue weighted by molar-refractivity contribution is 8.45. The highest BCUT2D eigenvalue weighted by Gasteiger charge is 2.65. The number of carbonyl (C=O) groups is 1. The van der Waals surface area contributed by atoms with E-state index < -0.39 is 75.5 Å². The molecule has 17 heteroatoms. The van der Waals surface area contributed by atoms with E-state index in [4.69, 9.17) is 4.11 Å². The second kappa shape index (κ2) is 7.26. The third kappa shape index (κ3) is 5.51. The van der Waals surface area contributed by atoms with Gasteiger partial charge in [-0.3, -0.25) is 0 Å². The highest BCUT2D eigenvalue weighted by atomic mass is 32.5. The van der Waals surface area contributed by atoms with Crippen molar-refractivity contribution in [1.29, 1.82) is 0 Å². The number of fused-ring (bicyclic) bond motifs is 1. The Balaban J connectivity index is 2.01. The maximum Gasteiger partial charge on any atom is 0.430 e. The van der Waals surface area contributed by atoms with Crippen molar-refractivity contribution < 1.29 is 60.8 Å². The quantitative estimate of drug-likeness (QED) is 0.0961. The van der Waals surface area contributed by atoms with Gasteiger partial charge in [0.15, 0.2) is 0 Å². The first-order chi connectivity index (χ1) is 16.1. The molecule has 1 aromatic rings. The minimum Gasteiger partial charge on any atom is -0.569 e. The zero-order chi connectivity index (χ0) is 27.4. The van der Waals surface area contributed by atoms with Gasteiger partial charge in [-0.05, 0) is 37.0 Å². The van der Waals surface area contributed by atoms with Crippen LogP contribution in [0.2, 0.25) is 0 Å². The minimum absolute atomic E-state index is 0.0208. The molecule has 0 radical (unpaired) electrons. The van der Waals surface area contributed by atoms with E-state index in [2.05, 4.69) is 19.6 Å². The van der Waals surface area contributed by atoms with Crippen LogP contribution in [-0.2, 0) is 14.4 Å². The summed E-state index contributed by atoms with van der Waals surface area (Å²) in [5, 5.41) is 15.5. The van der Waals surface area contributed by atoms with Crippen molar-refractivity contribution >= 4 is 22.3 Å². The molecule has 1 saturated heterocycles. The fraction of sp³-hybridized carbons (Fsp3) is 0.438. The molecule has 0 aliphatic carbocycles. The van der Waals surface area contributed by atoms with Gasteiger partial charge in [-0.1, -0.05) is 19.4 Å². The number of rotatable bonds is 6. The molecule has 0 bridgehead atoms. The summed E-state index contributed by atoms with van der Waals surface area (Å²) in [5.74, 6) is -3.19. The molecule has 1 unspecified atom stereocenters. The van der Waals surface area contributed by atoms with Crippen molar-refractivity contribution in [3.8, 4) is 5.75 Å². The maximum atomic E-state index is 13.6. The van der Waals surface area contributed by atoms with Crippen LogP contribution in [0.4, 0.5) is 32.6 Å². The zero-order valence-electron chi connectivity index (χ0n) is 19.0. The number of aryl methyl sites for hydroxylation is 1. The molecule has 0 amide bonds. The molecule has 3 rings (SSSR count). The first kappa shape index (κ1) is 20.6. The first-order valence-corrected chi connectivity index (χ1v) is 10.6. The lowest BCUT2D eigenvalue weighted by Crippen LogP contribution is -2.42. The van der Waals surface area contributed by atoms with Gasteiger partial charge >= 0.3 is 22.4 Å². The van der Waals surface area contributed by atoms with E-state index >= 15 is 0 Å². The average molecular weight is 516 g/mol. The predicted octanol–water partition coefficient (Wildman–Crippen LogP) is 5.37. The predicted molar refractivity (Wildman–Crippen MR) is 95.3 cm³/mol. The lowest BCUT2D eigenvalue weighted by atomic mass is 9.99. The van der Waals surface area contributed by atoms with Crippen molar-refractivity contribution in [1.82, 2.24) is 5.01 Å². The molecule has 2 aliphatic rings. The number of hydrazine groups is 1. The Labute approximate surface area is 184 Å². The Hall–Kier alpha value is -2.98. The van der Waals surface area contributed by atoms with Crippen LogP contribution in [0.1, 0.15) is 21.7 Å². The van der Waals surface area contributed by atoms with Gasteiger partial charge in [-0.25, -0.2) is 4.79 Å². The van der Waals surface area contributed by atoms with E-state index in [-0.39, 0.29) is 17.1 Å². The SMILES string of the molecule is [2H]C([2H])([2H])c1cc(S(F)(F)(F)(F)F)cc2c1OC(C(F)(F)F)C(C(=O)OCON=[N+]([O-])N1CCC1)=C2. The molecule has 2 aliphatic heterocycles. The summed E-state index contributed by atoms with van der Waals surface area (Å²) in [7, 11) is -10.5. The summed E-state index contributed by atoms with van der Waals surface area (Å²) in [6.07, 6.45) is -7.88. The number of carbonyl (C=O) groups excluding carboxylic acids is 1. The molecule has 0 spiro atoms. The summed E-state index contributed by atoms with van der Waals surface area (Å²) in [5.41, 5.74) is -4.27. The topological polar surface area (TPSA) is 86.4 Å². The van der Waals surface area contributed by atoms with Crippen LogP contribution >= 0.6 is 10.2 Å². The number of halogens is 8. The van der Waals surface area contributed by atoms with E-state index in [9.17, 15) is 42.6 Å². The normalized spacial score (nSPS) is 22.7. The number of nitrogens with zero attached hydrogens (tertiary/aromatic N) is 3. The van der Waals surface area contributed by atoms with Gasteiger partial charge in [0.2, 0.25) is 11.4 Å². The smallest absolute Gasteiger partial charge is 0.430 e. The Kier molecular flexibility index (Phi) is 4.54. The molecule has 8 nitrogen and oxygen atoms in total. The van der Waals surface area contributed by atoms with Crippen molar-refractivity contribution in [2.75, 3.05) is 19.9 Å². The van der Waals surface area contributed by atoms with Crippen LogP contribution in [0.25, 0.3) is 6.08 Å². The third-order valence-electron chi connectivity index (χ3n) is 4.34. The van der Waals surface area contributed by atoms with Gasteiger partial charge in [-0.2, -0.15) is 13.2 Å². The Morgan fingerprint density at radius 3 is 2.52 bits per heavy atom. The molecule has 1 fully saturated rings. The minimum atomic E-state index is -10.5. The molecule has 0 N–H and O–H groups in total. The van der Waals surface area contributed by atoms with E-state index in [0.717, 1.165) is 5.01 Å². The lowest BCUT2D eigenvalue weighted by molar-refractivity contribution is -0.723. The lowest BCUT2D eigenvalue weighted by Gasteiger charge is -2.41. The molecule has 1 aromatic carbocycles. The van der Waals surface area contributed by atoms with Crippen LogP contribution in [-0.4, -0.2) is 48.1 Å². The average Bonchev–Trinajstić information content (AvgIpc) is 2.64. The van der Waals surface area contributed by atoms with Crippen LogP contribution in [0.15, 0.2) is 27.9 Å². The van der Waals surface area contributed by atoms with E-state index in [1.165, 1.54) is 0 Å². The van der Waals surface area contributed by atoms with E-state index in [0.29, 0.717) is 19.5 Å². The Bertz CT molecular complexity index is 1140. The fourth-order valence-corrected chi connectivity index (χ4v) is 3.37. The molecule has 1 atom stereocenters. The number of hydrogen-bond donors (Lipinski definition) is 0. The zero-order valence-corrected chi connectivity index (χ0v) is 16.8.